The van der Waals surface area contributed by atoms with Crippen molar-refractivity contribution in [2.75, 3.05) is 11.6 Å². The molecule has 3 aromatic heterocycles. The third kappa shape index (κ3) is 3.71. The van der Waals surface area contributed by atoms with Crippen LogP contribution < -0.4 is 5.32 Å². The van der Waals surface area contributed by atoms with Crippen LogP contribution in [0.2, 0.25) is 0 Å². The van der Waals surface area contributed by atoms with Crippen molar-refractivity contribution in [3.05, 3.63) is 71.8 Å². The predicted octanol–water partition coefficient (Wildman–Crippen LogP) is 3.42. The zero-order valence-electron chi connectivity index (χ0n) is 16.4. The van der Waals surface area contributed by atoms with Gasteiger partial charge in [-0.2, -0.15) is 9.61 Å². The van der Waals surface area contributed by atoms with E-state index in [1.54, 1.807) is 41.2 Å². The maximum atomic E-state index is 11.7. The fourth-order valence-electron chi connectivity index (χ4n) is 3.16. The fourth-order valence-corrected chi connectivity index (χ4v) is 3.79. The second-order valence-corrected chi connectivity index (χ2v) is 8.95. The topological polar surface area (TPSA) is 89.2 Å². The maximum Gasteiger partial charge on any atom is 0.175 e. The number of aryl methyl sites for hydroxylation is 1. The lowest BCUT2D eigenvalue weighted by Crippen LogP contribution is -2.10. The number of benzene rings is 1. The number of hydrogen-bond donors (Lipinski definition) is 1. The Bertz CT molecular complexity index is 1280. The molecule has 7 nitrogen and oxygen atoms in total. The Balaban J connectivity index is 1.75. The van der Waals surface area contributed by atoms with Gasteiger partial charge in [0.2, 0.25) is 0 Å². The standard InChI is InChI=1S/C21H21N5O2S/c1-14-15(2)25-21-19(16-7-9-18(10-8-16)29(3,27)28)13-24-26(21)20(14)23-12-17-6-4-5-11-22-17/h4-11,13,23H,12H2,1-3H3. The van der Waals surface area contributed by atoms with E-state index in [9.17, 15) is 8.42 Å². The molecule has 0 aliphatic rings. The molecule has 4 aromatic rings. The minimum absolute atomic E-state index is 0.287. The summed E-state index contributed by atoms with van der Waals surface area (Å²) >= 11 is 0. The first-order valence-electron chi connectivity index (χ1n) is 9.14. The van der Waals surface area contributed by atoms with Crippen LogP contribution in [-0.4, -0.2) is 34.3 Å². The average Bonchev–Trinajstić information content (AvgIpc) is 3.12. The lowest BCUT2D eigenvalue weighted by atomic mass is 10.1. The van der Waals surface area contributed by atoms with E-state index in [1.165, 1.54) is 6.26 Å². The van der Waals surface area contributed by atoms with Crippen molar-refractivity contribution >= 4 is 21.3 Å². The van der Waals surface area contributed by atoms with E-state index in [1.807, 2.05) is 32.0 Å². The van der Waals surface area contributed by atoms with Gasteiger partial charge in [0.05, 0.1) is 23.3 Å². The molecule has 0 saturated carbocycles. The highest BCUT2D eigenvalue weighted by Crippen LogP contribution is 2.28. The van der Waals surface area contributed by atoms with Crippen molar-refractivity contribution in [2.24, 2.45) is 0 Å². The van der Waals surface area contributed by atoms with Crippen molar-refractivity contribution in [3.63, 3.8) is 0 Å². The SMILES string of the molecule is Cc1nc2c(-c3ccc(S(C)(=O)=O)cc3)cnn2c(NCc2ccccn2)c1C. The van der Waals surface area contributed by atoms with Gasteiger partial charge in [-0.15, -0.1) is 0 Å². The molecule has 29 heavy (non-hydrogen) atoms. The number of rotatable bonds is 5. The van der Waals surface area contributed by atoms with Gasteiger partial charge in [-0.25, -0.2) is 13.4 Å². The third-order valence-corrected chi connectivity index (χ3v) is 6.01. The zero-order chi connectivity index (χ0) is 20.6. The predicted molar refractivity (Wildman–Crippen MR) is 113 cm³/mol. The number of hydrogen-bond acceptors (Lipinski definition) is 6. The first kappa shape index (κ1) is 19.1. The van der Waals surface area contributed by atoms with Gasteiger partial charge in [-0.1, -0.05) is 18.2 Å². The van der Waals surface area contributed by atoms with Crippen molar-refractivity contribution in [2.45, 2.75) is 25.3 Å². The summed E-state index contributed by atoms with van der Waals surface area (Å²) in [6.45, 7) is 4.54. The second kappa shape index (κ2) is 7.29. The molecule has 1 aromatic carbocycles. The zero-order valence-corrected chi connectivity index (χ0v) is 17.2. The number of nitrogens with zero attached hydrogens (tertiary/aromatic N) is 4. The summed E-state index contributed by atoms with van der Waals surface area (Å²) in [5, 5.41) is 7.96. The number of anilines is 1. The summed E-state index contributed by atoms with van der Waals surface area (Å²) in [5.74, 6) is 0.858. The molecule has 0 spiro atoms. The van der Waals surface area contributed by atoms with Crippen molar-refractivity contribution in [3.8, 4) is 11.1 Å². The molecule has 0 atom stereocenters. The van der Waals surface area contributed by atoms with Gasteiger partial charge >= 0.3 is 0 Å². The van der Waals surface area contributed by atoms with Crippen LogP contribution in [0.4, 0.5) is 5.82 Å². The van der Waals surface area contributed by atoms with Crippen LogP contribution in [-0.2, 0) is 16.4 Å². The molecule has 148 valence electrons. The minimum Gasteiger partial charge on any atom is -0.364 e. The summed E-state index contributed by atoms with van der Waals surface area (Å²) in [7, 11) is -3.24. The number of fused-ring (bicyclic) bond motifs is 1. The Morgan fingerprint density at radius 1 is 1.07 bits per heavy atom. The molecule has 8 heteroatoms. The molecule has 4 rings (SSSR count). The van der Waals surface area contributed by atoms with Crippen LogP contribution in [0.3, 0.4) is 0 Å². The minimum atomic E-state index is -3.24. The Labute approximate surface area is 169 Å². The number of aromatic nitrogens is 4. The normalized spacial score (nSPS) is 11.7. The summed E-state index contributed by atoms with van der Waals surface area (Å²) < 4.78 is 25.2. The van der Waals surface area contributed by atoms with Crippen molar-refractivity contribution in [1.29, 1.82) is 0 Å². The van der Waals surface area contributed by atoms with Gasteiger partial charge < -0.3 is 5.32 Å². The Kier molecular flexibility index (Phi) is 4.79. The molecule has 0 radical (unpaired) electrons. The van der Waals surface area contributed by atoms with E-state index in [-0.39, 0.29) is 4.90 Å². The molecule has 0 unspecified atom stereocenters. The van der Waals surface area contributed by atoms with E-state index in [0.717, 1.165) is 33.9 Å². The van der Waals surface area contributed by atoms with Gasteiger partial charge in [0.25, 0.3) is 0 Å². The molecular formula is C21H21N5O2S. The Morgan fingerprint density at radius 3 is 2.48 bits per heavy atom. The number of nitrogens with one attached hydrogen (secondary N) is 1. The second-order valence-electron chi connectivity index (χ2n) is 6.94. The monoisotopic (exact) mass is 407 g/mol. The van der Waals surface area contributed by atoms with Crippen molar-refractivity contribution < 1.29 is 8.42 Å². The quantitative estimate of drug-likeness (QED) is 0.545. The first-order valence-corrected chi connectivity index (χ1v) is 11.0. The van der Waals surface area contributed by atoms with Gasteiger partial charge in [0, 0.05) is 29.3 Å². The molecule has 0 aliphatic heterocycles. The maximum absolute atomic E-state index is 11.7. The van der Waals surface area contributed by atoms with E-state index >= 15 is 0 Å². The average molecular weight is 407 g/mol. The highest BCUT2D eigenvalue weighted by Gasteiger charge is 2.16. The van der Waals surface area contributed by atoms with Gasteiger partial charge in [0.15, 0.2) is 15.5 Å². The summed E-state index contributed by atoms with van der Waals surface area (Å²) in [6, 6.07) is 12.6. The Hall–Kier alpha value is -3.26. The number of sulfone groups is 1. The van der Waals surface area contributed by atoms with Crippen molar-refractivity contribution in [1.82, 2.24) is 19.6 Å². The lowest BCUT2D eigenvalue weighted by molar-refractivity contribution is 0.602. The van der Waals surface area contributed by atoms with E-state index < -0.39 is 9.84 Å². The third-order valence-electron chi connectivity index (χ3n) is 4.88. The Morgan fingerprint density at radius 2 is 1.83 bits per heavy atom. The highest BCUT2D eigenvalue weighted by molar-refractivity contribution is 7.90. The van der Waals surface area contributed by atoms with E-state index in [2.05, 4.69) is 15.4 Å². The van der Waals surface area contributed by atoms with Gasteiger partial charge in [-0.3, -0.25) is 4.98 Å². The van der Waals surface area contributed by atoms with E-state index in [4.69, 9.17) is 4.98 Å². The van der Waals surface area contributed by atoms with Crippen LogP contribution in [0.25, 0.3) is 16.8 Å². The molecular weight excluding hydrogens is 386 g/mol. The highest BCUT2D eigenvalue weighted by atomic mass is 32.2. The van der Waals surface area contributed by atoms with Crippen LogP contribution in [0, 0.1) is 13.8 Å². The molecule has 1 N–H and O–H groups in total. The summed E-state index contributed by atoms with van der Waals surface area (Å²) in [5.41, 5.74) is 5.25. The molecule has 0 fully saturated rings. The van der Waals surface area contributed by atoms with Gasteiger partial charge in [0.1, 0.15) is 5.82 Å². The number of pyridine rings is 1. The molecule has 3 heterocycles. The largest absolute Gasteiger partial charge is 0.364 e. The van der Waals surface area contributed by atoms with Crippen LogP contribution in [0.1, 0.15) is 17.0 Å². The van der Waals surface area contributed by atoms with Crippen LogP contribution in [0.5, 0.6) is 0 Å². The fraction of sp³-hybridized carbons (Fsp3) is 0.190. The molecule has 0 aliphatic carbocycles. The summed E-state index contributed by atoms with van der Waals surface area (Å²) in [4.78, 5) is 9.36. The van der Waals surface area contributed by atoms with Crippen LogP contribution >= 0.6 is 0 Å². The lowest BCUT2D eigenvalue weighted by Gasteiger charge is -2.13. The molecule has 0 saturated heterocycles. The first-order chi connectivity index (χ1) is 13.8. The molecule has 0 bridgehead atoms. The summed E-state index contributed by atoms with van der Waals surface area (Å²) in [6.07, 6.45) is 4.72. The smallest absolute Gasteiger partial charge is 0.175 e. The van der Waals surface area contributed by atoms with Crippen LogP contribution in [0.15, 0.2) is 59.8 Å². The van der Waals surface area contributed by atoms with E-state index in [0.29, 0.717) is 12.2 Å². The molecule has 0 amide bonds. The van der Waals surface area contributed by atoms with Gasteiger partial charge in [-0.05, 0) is 43.7 Å².